The zero-order valence-corrected chi connectivity index (χ0v) is 15.6. The van der Waals surface area contributed by atoms with Gasteiger partial charge in [-0.15, -0.1) is 0 Å². The van der Waals surface area contributed by atoms with Crippen LogP contribution >= 0.6 is 0 Å². The van der Waals surface area contributed by atoms with E-state index in [2.05, 4.69) is 26.8 Å². The maximum absolute atomic E-state index is 10.8. The molecule has 0 aromatic carbocycles. The molecule has 3 heterocycles. The van der Waals surface area contributed by atoms with Gasteiger partial charge in [0.2, 0.25) is 5.82 Å². The molecule has 3 aromatic heterocycles. The first-order valence-electron chi connectivity index (χ1n) is 8.53. The van der Waals surface area contributed by atoms with Gasteiger partial charge in [0, 0.05) is 7.05 Å². The van der Waals surface area contributed by atoms with Gasteiger partial charge in [-0.05, 0) is 29.9 Å². The molecule has 0 radical (unpaired) electrons. The number of fused-ring (bicyclic) bond motifs is 1. The van der Waals surface area contributed by atoms with Crippen molar-refractivity contribution in [3.05, 3.63) is 24.2 Å². The molecule has 0 unspecified atom stereocenters. The van der Waals surface area contributed by atoms with Crippen molar-refractivity contribution in [2.45, 2.75) is 33.3 Å². The largest absolute Gasteiger partial charge is 0.461 e. The zero-order chi connectivity index (χ0) is 19.1. The van der Waals surface area contributed by atoms with Crippen LogP contribution in [-0.4, -0.2) is 30.2 Å². The van der Waals surface area contributed by atoms with Crippen LogP contribution in [0.25, 0.3) is 22.7 Å². The highest BCUT2D eigenvalue weighted by atomic mass is 16.3. The first kappa shape index (κ1) is 18.0. The molecule has 3 N–H and O–H groups in total. The second-order valence-electron chi connectivity index (χ2n) is 6.96. The summed E-state index contributed by atoms with van der Waals surface area (Å²) in [6.45, 7) is 7.74. The van der Waals surface area contributed by atoms with Crippen LogP contribution in [0, 0.1) is 23.7 Å². The van der Waals surface area contributed by atoms with Gasteiger partial charge in [-0.2, -0.15) is 0 Å². The minimum atomic E-state index is -1.13. The molecule has 0 fully saturated rings. The zero-order valence-electron chi connectivity index (χ0n) is 15.6. The summed E-state index contributed by atoms with van der Waals surface area (Å²) in [7, 11) is 1.83. The molecular weight excluding hydrogens is 330 g/mol. The van der Waals surface area contributed by atoms with E-state index in [1.165, 1.54) is 0 Å². The van der Waals surface area contributed by atoms with E-state index < -0.39 is 5.60 Å². The van der Waals surface area contributed by atoms with Crippen molar-refractivity contribution in [1.29, 1.82) is 0 Å². The predicted molar refractivity (Wildman–Crippen MR) is 99.9 cm³/mol. The second kappa shape index (κ2) is 6.46. The number of rotatable bonds is 3. The Kier molecular flexibility index (Phi) is 4.46. The molecule has 0 saturated heterocycles. The standard InChI is InChI=1S/C19H23N5O2/c1-11(2)19(25,12(3)4)9-8-14-21-16(20)15-18(22-14)24(5)17(23-15)13-7-6-10-26-13/h6-7,10-12,25H,1-5H3,(H2,20,21,22). The van der Waals surface area contributed by atoms with Gasteiger partial charge in [0.1, 0.15) is 5.60 Å². The number of anilines is 1. The normalized spacial score (nSPS) is 12.0. The molecule has 0 aliphatic rings. The Labute approximate surface area is 152 Å². The van der Waals surface area contributed by atoms with Crippen molar-refractivity contribution in [2.75, 3.05) is 5.73 Å². The highest BCUT2D eigenvalue weighted by Crippen LogP contribution is 2.27. The van der Waals surface area contributed by atoms with Crippen LogP contribution in [0.15, 0.2) is 22.8 Å². The smallest absolute Gasteiger partial charge is 0.209 e. The van der Waals surface area contributed by atoms with Crippen LogP contribution < -0.4 is 5.73 Å². The third kappa shape index (κ3) is 2.93. The predicted octanol–water partition coefficient (Wildman–Crippen LogP) is 2.60. The maximum Gasteiger partial charge on any atom is 0.209 e. The number of hydrogen-bond acceptors (Lipinski definition) is 6. The first-order valence-corrected chi connectivity index (χ1v) is 8.53. The Morgan fingerprint density at radius 2 is 1.88 bits per heavy atom. The molecule has 0 aliphatic heterocycles. The van der Waals surface area contributed by atoms with Gasteiger partial charge in [-0.3, -0.25) is 0 Å². The minimum Gasteiger partial charge on any atom is -0.461 e. The fourth-order valence-corrected chi connectivity index (χ4v) is 2.88. The molecule has 26 heavy (non-hydrogen) atoms. The van der Waals surface area contributed by atoms with E-state index in [-0.39, 0.29) is 23.5 Å². The fourth-order valence-electron chi connectivity index (χ4n) is 2.88. The highest BCUT2D eigenvalue weighted by Gasteiger charge is 2.32. The van der Waals surface area contributed by atoms with Crippen molar-refractivity contribution in [3.8, 4) is 23.4 Å². The summed E-state index contributed by atoms with van der Waals surface area (Å²) in [4.78, 5) is 13.2. The number of nitrogens with zero attached hydrogens (tertiary/aromatic N) is 4. The topological polar surface area (TPSA) is 103 Å². The summed E-state index contributed by atoms with van der Waals surface area (Å²) < 4.78 is 7.20. The Morgan fingerprint density at radius 3 is 2.46 bits per heavy atom. The van der Waals surface area contributed by atoms with Crippen molar-refractivity contribution >= 4 is 17.0 Å². The summed E-state index contributed by atoms with van der Waals surface area (Å²) >= 11 is 0. The lowest BCUT2D eigenvalue weighted by atomic mass is 9.81. The maximum atomic E-state index is 10.8. The van der Waals surface area contributed by atoms with Crippen LogP contribution in [0.2, 0.25) is 0 Å². The molecule has 0 bridgehead atoms. The second-order valence-corrected chi connectivity index (χ2v) is 6.96. The molecule has 0 spiro atoms. The lowest BCUT2D eigenvalue weighted by Crippen LogP contribution is -2.39. The highest BCUT2D eigenvalue weighted by molar-refractivity contribution is 5.85. The van der Waals surface area contributed by atoms with E-state index in [1.54, 1.807) is 16.9 Å². The average Bonchev–Trinajstić information content (AvgIpc) is 3.21. The molecule has 3 aromatic rings. The number of nitrogens with two attached hydrogens (primary N) is 1. The number of aromatic nitrogens is 4. The lowest BCUT2D eigenvalue weighted by molar-refractivity contribution is 0.00930. The minimum absolute atomic E-state index is 0.0293. The Hall–Kier alpha value is -2.85. The molecule has 7 heteroatoms. The van der Waals surface area contributed by atoms with Crippen LogP contribution in [0.1, 0.15) is 33.5 Å². The summed E-state index contributed by atoms with van der Waals surface area (Å²) in [5, 5.41) is 10.8. The van der Waals surface area contributed by atoms with Gasteiger partial charge >= 0.3 is 0 Å². The average molecular weight is 353 g/mol. The van der Waals surface area contributed by atoms with Crippen molar-refractivity contribution in [3.63, 3.8) is 0 Å². The number of aliphatic hydroxyl groups is 1. The van der Waals surface area contributed by atoms with Gasteiger partial charge in [0.25, 0.3) is 0 Å². The third-order valence-electron chi connectivity index (χ3n) is 4.62. The number of nitrogen functional groups attached to an aromatic ring is 1. The molecule has 0 saturated carbocycles. The molecule has 7 nitrogen and oxygen atoms in total. The third-order valence-corrected chi connectivity index (χ3v) is 4.62. The summed E-state index contributed by atoms with van der Waals surface area (Å²) in [6.07, 6.45) is 1.58. The van der Waals surface area contributed by atoms with Gasteiger partial charge in [-0.25, -0.2) is 15.0 Å². The lowest BCUT2D eigenvalue weighted by Gasteiger charge is -2.30. The number of hydrogen-bond donors (Lipinski definition) is 2. The van der Waals surface area contributed by atoms with Gasteiger partial charge in [-0.1, -0.05) is 33.6 Å². The molecule has 0 aliphatic carbocycles. The Morgan fingerprint density at radius 1 is 1.19 bits per heavy atom. The summed E-state index contributed by atoms with van der Waals surface area (Å²) in [6, 6.07) is 3.61. The number of aryl methyl sites for hydroxylation is 1. The molecule has 3 rings (SSSR count). The van der Waals surface area contributed by atoms with Crippen LogP contribution in [0.4, 0.5) is 5.82 Å². The quantitative estimate of drug-likeness (QED) is 0.702. The fraction of sp³-hybridized carbons (Fsp3) is 0.421. The van der Waals surface area contributed by atoms with E-state index in [4.69, 9.17) is 10.2 Å². The van der Waals surface area contributed by atoms with E-state index >= 15 is 0 Å². The number of furan rings is 1. The summed E-state index contributed by atoms with van der Waals surface area (Å²) in [5.74, 6) is 7.48. The van der Waals surface area contributed by atoms with Gasteiger partial charge in [0.15, 0.2) is 28.6 Å². The van der Waals surface area contributed by atoms with Crippen molar-refractivity contribution < 1.29 is 9.52 Å². The monoisotopic (exact) mass is 353 g/mol. The van der Waals surface area contributed by atoms with Crippen molar-refractivity contribution in [2.24, 2.45) is 18.9 Å². The molecule has 0 amide bonds. The summed E-state index contributed by atoms with van der Waals surface area (Å²) in [5.41, 5.74) is 5.99. The van der Waals surface area contributed by atoms with Gasteiger partial charge in [0.05, 0.1) is 6.26 Å². The Balaban J connectivity index is 2.10. The molecule has 0 atom stereocenters. The number of imidazole rings is 1. The van der Waals surface area contributed by atoms with E-state index in [9.17, 15) is 5.11 Å². The SMILES string of the molecule is CC(C)C(O)(C#Cc1nc(N)c2nc(-c3ccco3)n(C)c2n1)C(C)C. The van der Waals surface area contributed by atoms with Crippen LogP contribution in [0.3, 0.4) is 0 Å². The van der Waals surface area contributed by atoms with Crippen molar-refractivity contribution in [1.82, 2.24) is 19.5 Å². The van der Waals surface area contributed by atoms with Crippen LogP contribution in [0.5, 0.6) is 0 Å². The van der Waals surface area contributed by atoms with Gasteiger partial charge < -0.3 is 19.8 Å². The van der Waals surface area contributed by atoms with E-state index in [1.807, 2.05) is 40.8 Å². The van der Waals surface area contributed by atoms with Crippen LogP contribution in [-0.2, 0) is 7.05 Å². The Bertz CT molecular complexity index is 983. The molecular formula is C19H23N5O2. The van der Waals surface area contributed by atoms with E-state index in [0.717, 1.165) is 0 Å². The first-order chi connectivity index (χ1) is 12.2. The molecule has 136 valence electrons. The van der Waals surface area contributed by atoms with E-state index in [0.29, 0.717) is 22.7 Å².